The highest BCUT2D eigenvalue weighted by Gasteiger charge is 1.97. The second kappa shape index (κ2) is 6.89. The molecule has 0 aliphatic carbocycles. The van der Waals surface area contributed by atoms with E-state index in [1.807, 2.05) is 0 Å². The summed E-state index contributed by atoms with van der Waals surface area (Å²) < 4.78 is 0. The van der Waals surface area contributed by atoms with Gasteiger partial charge < -0.3 is 5.11 Å². The van der Waals surface area contributed by atoms with Crippen LogP contribution in [0.5, 0.6) is 0 Å². The van der Waals surface area contributed by atoms with Gasteiger partial charge in [-0.1, -0.05) is 37.3 Å². The summed E-state index contributed by atoms with van der Waals surface area (Å²) in [4.78, 5) is 10.4. The largest absolute Gasteiger partial charge is 0.481 e. The van der Waals surface area contributed by atoms with Crippen molar-refractivity contribution < 1.29 is 9.90 Å². The molecule has 1 N–H and O–H groups in total. The molecule has 2 heteroatoms. The maximum absolute atomic E-state index is 10.4. The summed E-state index contributed by atoms with van der Waals surface area (Å²) in [5, 5.41) is 8.53. The SMILES string of the molecule is CCc1ccc(/C(C)=C/CCCC(=O)O)cc1. The van der Waals surface area contributed by atoms with Crippen LogP contribution >= 0.6 is 0 Å². The number of aryl methyl sites for hydroxylation is 1. The molecule has 1 rings (SSSR count). The molecule has 1 aromatic carbocycles. The van der Waals surface area contributed by atoms with Crippen LogP contribution in [0, 0.1) is 0 Å². The molecule has 92 valence electrons. The van der Waals surface area contributed by atoms with E-state index >= 15 is 0 Å². The summed E-state index contributed by atoms with van der Waals surface area (Å²) in [7, 11) is 0. The molecule has 0 unspecified atom stereocenters. The van der Waals surface area contributed by atoms with E-state index in [4.69, 9.17) is 5.11 Å². The van der Waals surface area contributed by atoms with Crippen LogP contribution in [0.3, 0.4) is 0 Å². The normalized spacial score (nSPS) is 11.5. The average molecular weight is 232 g/mol. The van der Waals surface area contributed by atoms with Crippen LogP contribution in [0.4, 0.5) is 0 Å². The van der Waals surface area contributed by atoms with Gasteiger partial charge in [-0.3, -0.25) is 4.79 Å². The average Bonchev–Trinajstić information content (AvgIpc) is 2.34. The zero-order valence-corrected chi connectivity index (χ0v) is 10.6. The summed E-state index contributed by atoms with van der Waals surface area (Å²) in [5.41, 5.74) is 3.78. The number of rotatable bonds is 6. The predicted molar refractivity (Wildman–Crippen MR) is 71.0 cm³/mol. The second-order valence-electron chi connectivity index (χ2n) is 4.22. The molecule has 0 spiro atoms. The first kappa shape index (κ1) is 13.5. The van der Waals surface area contributed by atoms with Crippen LogP contribution < -0.4 is 0 Å². The van der Waals surface area contributed by atoms with Gasteiger partial charge >= 0.3 is 5.97 Å². The Kier molecular flexibility index (Phi) is 5.47. The lowest BCUT2D eigenvalue weighted by atomic mass is 10.0. The fraction of sp³-hybridized carbons (Fsp3) is 0.400. The van der Waals surface area contributed by atoms with E-state index in [1.165, 1.54) is 16.7 Å². The third-order valence-corrected chi connectivity index (χ3v) is 2.86. The van der Waals surface area contributed by atoms with E-state index in [2.05, 4.69) is 44.2 Å². The molecule has 0 aromatic heterocycles. The van der Waals surface area contributed by atoms with Crippen LogP contribution in [-0.4, -0.2) is 11.1 Å². The van der Waals surface area contributed by atoms with Gasteiger partial charge in [-0.05, 0) is 42.9 Å². The first-order valence-electron chi connectivity index (χ1n) is 6.11. The van der Waals surface area contributed by atoms with Gasteiger partial charge in [-0.15, -0.1) is 0 Å². The van der Waals surface area contributed by atoms with Crippen molar-refractivity contribution in [1.82, 2.24) is 0 Å². The molecule has 0 bridgehead atoms. The Balaban J connectivity index is 2.52. The Bertz CT molecular complexity index is 388. The first-order chi connectivity index (χ1) is 8.13. The van der Waals surface area contributed by atoms with Gasteiger partial charge in [-0.25, -0.2) is 0 Å². The second-order valence-corrected chi connectivity index (χ2v) is 4.22. The Morgan fingerprint density at radius 2 is 1.94 bits per heavy atom. The molecule has 0 atom stereocenters. The maximum atomic E-state index is 10.4. The topological polar surface area (TPSA) is 37.3 Å². The van der Waals surface area contributed by atoms with Crippen LogP contribution in [0.15, 0.2) is 30.3 Å². The third kappa shape index (κ3) is 4.85. The van der Waals surface area contributed by atoms with Crippen molar-refractivity contribution in [2.45, 2.75) is 39.5 Å². The van der Waals surface area contributed by atoms with Gasteiger partial charge in [0.2, 0.25) is 0 Å². The molecular weight excluding hydrogens is 212 g/mol. The Morgan fingerprint density at radius 1 is 1.29 bits per heavy atom. The quantitative estimate of drug-likeness (QED) is 0.755. The molecule has 0 radical (unpaired) electrons. The lowest BCUT2D eigenvalue weighted by molar-refractivity contribution is -0.137. The van der Waals surface area contributed by atoms with Gasteiger partial charge in [0.1, 0.15) is 0 Å². The Labute approximate surface area is 103 Å². The van der Waals surface area contributed by atoms with E-state index < -0.39 is 5.97 Å². The number of hydrogen-bond donors (Lipinski definition) is 1. The number of carbonyl (C=O) groups is 1. The van der Waals surface area contributed by atoms with Crippen molar-refractivity contribution in [2.24, 2.45) is 0 Å². The lowest BCUT2D eigenvalue weighted by Gasteiger charge is -2.03. The summed E-state index contributed by atoms with van der Waals surface area (Å²) >= 11 is 0. The molecule has 0 aliphatic rings. The van der Waals surface area contributed by atoms with Gasteiger partial charge in [0.05, 0.1) is 0 Å². The number of carboxylic acid groups (broad SMARTS) is 1. The van der Waals surface area contributed by atoms with E-state index in [0.717, 1.165) is 12.8 Å². The smallest absolute Gasteiger partial charge is 0.303 e. The number of benzene rings is 1. The summed E-state index contributed by atoms with van der Waals surface area (Å²) in [6.07, 6.45) is 4.96. The molecule has 0 fully saturated rings. The number of aliphatic carboxylic acids is 1. The van der Waals surface area contributed by atoms with Crippen LogP contribution in [0.1, 0.15) is 44.2 Å². The molecule has 2 nitrogen and oxygen atoms in total. The standard InChI is InChI=1S/C15H20O2/c1-3-13-8-10-14(11-9-13)12(2)6-4-5-7-15(16)17/h6,8-11H,3-5,7H2,1-2H3,(H,16,17)/b12-6+. The summed E-state index contributed by atoms with van der Waals surface area (Å²) in [6.45, 7) is 4.21. The molecule has 0 saturated heterocycles. The number of unbranched alkanes of at least 4 members (excludes halogenated alkanes) is 1. The van der Waals surface area contributed by atoms with Crippen molar-refractivity contribution in [1.29, 1.82) is 0 Å². The summed E-state index contributed by atoms with van der Waals surface area (Å²) in [5.74, 6) is -0.719. The fourth-order valence-corrected chi connectivity index (χ4v) is 1.69. The predicted octanol–water partition coefficient (Wildman–Crippen LogP) is 3.91. The van der Waals surface area contributed by atoms with Crippen LogP contribution in [-0.2, 0) is 11.2 Å². The lowest BCUT2D eigenvalue weighted by Crippen LogP contribution is -1.92. The van der Waals surface area contributed by atoms with E-state index in [0.29, 0.717) is 6.42 Å². The minimum atomic E-state index is -0.719. The highest BCUT2D eigenvalue weighted by Crippen LogP contribution is 2.16. The number of allylic oxidation sites excluding steroid dienone is 2. The van der Waals surface area contributed by atoms with Gasteiger partial charge in [0.15, 0.2) is 0 Å². The molecule has 0 heterocycles. The van der Waals surface area contributed by atoms with Crippen LogP contribution in [0.2, 0.25) is 0 Å². The monoisotopic (exact) mass is 232 g/mol. The zero-order chi connectivity index (χ0) is 12.7. The van der Waals surface area contributed by atoms with E-state index in [1.54, 1.807) is 0 Å². The van der Waals surface area contributed by atoms with Gasteiger partial charge in [-0.2, -0.15) is 0 Å². The van der Waals surface area contributed by atoms with Crippen molar-refractivity contribution in [3.63, 3.8) is 0 Å². The minimum Gasteiger partial charge on any atom is -0.481 e. The van der Waals surface area contributed by atoms with Crippen molar-refractivity contribution >= 4 is 11.5 Å². The number of hydrogen-bond acceptors (Lipinski definition) is 1. The Hall–Kier alpha value is -1.57. The Morgan fingerprint density at radius 3 is 2.47 bits per heavy atom. The van der Waals surface area contributed by atoms with Crippen molar-refractivity contribution in [3.05, 3.63) is 41.5 Å². The first-order valence-corrected chi connectivity index (χ1v) is 6.11. The summed E-state index contributed by atoms with van der Waals surface area (Å²) in [6, 6.07) is 8.54. The molecule has 1 aromatic rings. The molecule has 0 saturated carbocycles. The van der Waals surface area contributed by atoms with Crippen molar-refractivity contribution in [2.75, 3.05) is 0 Å². The maximum Gasteiger partial charge on any atom is 0.303 e. The highest BCUT2D eigenvalue weighted by atomic mass is 16.4. The van der Waals surface area contributed by atoms with Gasteiger partial charge in [0.25, 0.3) is 0 Å². The third-order valence-electron chi connectivity index (χ3n) is 2.86. The number of carboxylic acids is 1. The van der Waals surface area contributed by atoms with E-state index in [-0.39, 0.29) is 6.42 Å². The molecule has 17 heavy (non-hydrogen) atoms. The van der Waals surface area contributed by atoms with Gasteiger partial charge in [0, 0.05) is 6.42 Å². The fourth-order valence-electron chi connectivity index (χ4n) is 1.69. The van der Waals surface area contributed by atoms with Crippen LogP contribution in [0.25, 0.3) is 5.57 Å². The zero-order valence-electron chi connectivity index (χ0n) is 10.6. The van der Waals surface area contributed by atoms with Crippen molar-refractivity contribution in [3.8, 4) is 0 Å². The molecule has 0 aliphatic heterocycles. The van der Waals surface area contributed by atoms with E-state index in [9.17, 15) is 4.79 Å². The highest BCUT2D eigenvalue weighted by molar-refractivity contribution is 5.67. The molecular formula is C15H20O2. The molecule has 0 amide bonds. The minimum absolute atomic E-state index is 0.249.